The zero-order valence-corrected chi connectivity index (χ0v) is 9.95. The van der Waals surface area contributed by atoms with Crippen LogP contribution in [0.25, 0.3) is 0 Å². The van der Waals surface area contributed by atoms with Gasteiger partial charge in [0.2, 0.25) is 0 Å². The molecule has 1 aromatic rings. The minimum Gasteiger partial charge on any atom is -0.436 e. The van der Waals surface area contributed by atoms with Crippen LogP contribution < -0.4 is 0 Å². The molecule has 1 atom stereocenters. The molecule has 0 N–H and O–H groups in total. The molecule has 1 unspecified atom stereocenters. The molecule has 1 saturated heterocycles. The summed E-state index contributed by atoms with van der Waals surface area (Å²) in [6.07, 6.45) is 4.33. The standard InChI is InChI=1S/C9H12BrNOS/c1-9(3-2-4-13-6-9)7-5-11-8(10)12-7/h5H,2-4,6H2,1H3. The molecule has 0 radical (unpaired) electrons. The van der Waals surface area contributed by atoms with E-state index >= 15 is 0 Å². The number of rotatable bonds is 1. The van der Waals surface area contributed by atoms with Crippen molar-refractivity contribution in [3.05, 3.63) is 16.8 Å². The number of hydrogen-bond donors (Lipinski definition) is 0. The van der Waals surface area contributed by atoms with Gasteiger partial charge in [-0.25, -0.2) is 4.98 Å². The number of thioether (sulfide) groups is 1. The van der Waals surface area contributed by atoms with Crippen LogP contribution >= 0.6 is 27.7 Å². The summed E-state index contributed by atoms with van der Waals surface area (Å²) < 4.78 is 5.52. The van der Waals surface area contributed by atoms with Gasteiger partial charge < -0.3 is 4.42 Å². The van der Waals surface area contributed by atoms with Gasteiger partial charge in [-0.3, -0.25) is 0 Å². The minimum atomic E-state index is 0.196. The molecule has 0 saturated carbocycles. The van der Waals surface area contributed by atoms with Crippen LogP contribution in [0.15, 0.2) is 15.4 Å². The summed E-state index contributed by atoms with van der Waals surface area (Å²) in [5.74, 6) is 3.45. The van der Waals surface area contributed by atoms with E-state index in [-0.39, 0.29) is 5.41 Å². The minimum absolute atomic E-state index is 0.196. The number of aromatic nitrogens is 1. The van der Waals surface area contributed by atoms with Gasteiger partial charge in [-0.05, 0) is 18.6 Å². The van der Waals surface area contributed by atoms with Crippen LogP contribution in [0.3, 0.4) is 0 Å². The van der Waals surface area contributed by atoms with Crippen LogP contribution in [-0.2, 0) is 5.41 Å². The molecule has 1 aromatic heterocycles. The van der Waals surface area contributed by atoms with Crippen molar-refractivity contribution in [2.45, 2.75) is 25.2 Å². The van der Waals surface area contributed by atoms with Gasteiger partial charge in [0.05, 0.1) is 6.20 Å². The van der Waals surface area contributed by atoms with Crippen molar-refractivity contribution in [2.75, 3.05) is 11.5 Å². The van der Waals surface area contributed by atoms with Crippen LogP contribution in [-0.4, -0.2) is 16.5 Å². The highest BCUT2D eigenvalue weighted by molar-refractivity contribution is 9.10. The van der Waals surface area contributed by atoms with E-state index in [4.69, 9.17) is 4.42 Å². The lowest BCUT2D eigenvalue weighted by Crippen LogP contribution is -2.28. The monoisotopic (exact) mass is 261 g/mol. The van der Waals surface area contributed by atoms with Crippen LogP contribution in [0.2, 0.25) is 0 Å². The van der Waals surface area contributed by atoms with Crippen molar-refractivity contribution < 1.29 is 4.42 Å². The molecule has 2 heterocycles. The molecule has 4 heteroatoms. The third-order valence-electron chi connectivity index (χ3n) is 2.51. The Bertz CT molecular complexity index is 294. The average molecular weight is 262 g/mol. The molecule has 1 fully saturated rings. The zero-order chi connectivity index (χ0) is 9.31. The highest BCUT2D eigenvalue weighted by Gasteiger charge is 2.32. The van der Waals surface area contributed by atoms with Crippen LogP contribution in [0.1, 0.15) is 25.5 Å². The molecular formula is C9H12BrNOS. The Morgan fingerprint density at radius 2 is 2.54 bits per heavy atom. The maximum Gasteiger partial charge on any atom is 0.264 e. The van der Waals surface area contributed by atoms with Gasteiger partial charge in [0.25, 0.3) is 4.80 Å². The van der Waals surface area contributed by atoms with Gasteiger partial charge in [0.1, 0.15) is 5.76 Å². The topological polar surface area (TPSA) is 26.0 Å². The highest BCUT2D eigenvalue weighted by atomic mass is 79.9. The van der Waals surface area contributed by atoms with E-state index in [1.165, 1.54) is 18.6 Å². The van der Waals surface area contributed by atoms with Crippen molar-refractivity contribution in [1.82, 2.24) is 4.98 Å². The maximum absolute atomic E-state index is 5.52. The fraction of sp³-hybridized carbons (Fsp3) is 0.667. The molecule has 0 spiro atoms. The SMILES string of the molecule is CC1(c2cnc(Br)o2)CCCSC1. The molecule has 0 aromatic carbocycles. The maximum atomic E-state index is 5.52. The lowest BCUT2D eigenvalue weighted by Gasteiger charge is -2.30. The Labute approximate surface area is 90.6 Å². The first-order valence-corrected chi connectivity index (χ1v) is 6.35. The first-order valence-electron chi connectivity index (χ1n) is 4.40. The Morgan fingerprint density at radius 1 is 1.69 bits per heavy atom. The summed E-state index contributed by atoms with van der Waals surface area (Å²) in [5, 5.41) is 0. The normalized spacial score (nSPS) is 29.1. The smallest absolute Gasteiger partial charge is 0.264 e. The zero-order valence-electron chi connectivity index (χ0n) is 7.55. The Morgan fingerprint density at radius 3 is 3.08 bits per heavy atom. The molecule has 1 aliphatic heterocycles. The lowest BCUT2D eigenvalue weighted by atomic mass is 9.85. The third-order valence-corrected chi connectivity index (χ3v) is 4.30. The Kier molecular flexibility index (Phi) is 2.70. The van der Waals surface area contributed by atoms with Gasteiger partial charge in [0.15, 0.2) is 0 Å². The van der Waals surface area contributed by atoms with E-state index in [1.54, 1.807) is 0 Å². The Hall–Kier alpha value is 0.0400. The first-order chi connectivity index (χ1) is 6.21. The van der Waals surface area contributed by atoms with Crippen molar-refractivity contribution >= 4 is 27.7 Å². The third kappa shape index (κ3) is 1.94. The van der Waals surface area contributed by atoms with E-state index in [0.29, 0.717) is 4.80 Å². The highest BCUT2D eigenvalue weighted by Crippen LogP contribution is 2.37. The van der Waals surface area contributed by atoms with E-state index in [9.17, 15) is 0 Å². The Balaban J connectivity index is 2.22. The molecule has 2 rings (SSSR count). The van der Waals surface area contributed by atoms with E-state index in [0.717, 1.165) is 11.5 Å². The summed E-state index contributed by atoms with van der Waals surface area (Å²) in [5.41, 5.74) is 0.196. The van der Waals surface area contributed by atoms with Gasteiger partial charge >= 0.3 is 0 Å². The molecule has 0 bridgehead atoms. The fourth-order valence-corrected chi connectivity index (χ4v) is 3.17. The first kappa shape index (κ1) is 9.59. The molecule has 2 nitrogen and oxygen atoms in total. The van der Waals surface area contributed by atoms with Crippen molar-refractivity contribution in [2.24, 2.45) is 0 Å². The van der Waals surface area contributed by atoms with Gasteiger partial charge in [-0.2, -0.15) is 11.8 Å². The largest absolute Gasteiger partial charge is 0.436 e. The van der Waals surface area contributed by atoms with Crippen molar-refractivity contribution in [1.29, 1.82) is 0 Å². The van der Waals surface area contributed by atoms with Gasteiger partial charge in [-0.15, -0.1) is 0 Å². The van der Waals surface area contributed by atoms with Crippen molar-refractivity contribution in [3.63, 3.8) is 0 Å². The second-order valence-corrected chi connectivity index (χ2v) is 5.48. The fourth-order valence-electron chi connectivity index (χ4n) is 1.66. The molecule has 13 heavy (non-hydrogen) atoms. The number of hydrogen-bond acceptors (Lipinski definition) is 3. The van der Waals surface area contributed by atoms with E-state index in [2.05, 4.69) is 27.8 Å². The average Bonchev–Trinajstić information content (AvgIpc) is 2.54. The second-order valence-electron chi connectivity index (χ2n) is 3.69. The molecule has 0 amide bonds. The van der Waals surface area contributed by atoms with Crippen molar-refractivity contribution in [3.8, 4) is 0 Å². The predicted octanol–water partition coefficient (Wildman–Crippen LogP) is 3.22. The van der Waals surface area contributed by atoms with Gasteiger partial charge in [0, 0.05) is 27.1 Å². The van der Waals surface area contributed by atoms with Gasteiger partial charge in [-0.1, -0.05) is 6.92 Å². The van der Waals surface area contributed by atoms with Crippen LogP contribution in [0, 0.1) is 0 Å². The molecule has 1 aliphatic rings. The van der Waals surface area contributed by atoms with E-state index in [1.807, 2.05) is 18.0 Å². The molecule has 72 valence electrons. The summed E-state index contributed by atoms with van der Waals surface area (Å²) in [6, 6.07) is 0. The number of oxazole rings is 1. The lowest BCUT2D eigenvalue weighted by molar-refractivity contribution is 0.353. The van der Waals surface area contributed by atoms with Crippen LogP contribution in [0.4, 0.5) is 0 Å². The molecule has 0 aliphatic carbocycles. The summed E-state index contributed by atoms with van der Waals surface area (Å²) >= 11 is 5.24. The number of nitrogens with zero attached hydrogens (tertiary/aromatic N) is 1. The van der Waals surface area contributed by atoms with E-state index < -0.39 is 0 Å². The van der Waals surface area contributed by atoms with Crippen LogP contribution in [0.5, 0.6) is 0 Å². The summed E-state index contributed by atoms with van der Waals surface area (Å²) in [6.45, 7) is 2.26. The quantitative estimate of drug-likeness (QED) is 0.777. The second kappa shape index (κ2) is 3.65. The summed E-state index contributed by atoms with van der Waals surface area (Å²) in [4.78, 5) is 4.67. The molecular weight excluding hydrogens is 250 g/mol. The predicted molar refractivity (Wildman–Crippen MR) is 58.1 cm³/mol. The summed E-state index contributed by atoms with van der Waals surface area (Å²) in [7, 11) is 0. The number of halogens is 1.